The second kappa shape index (κ2) is 5.66. The largest absolute Gasteiger partial charge is 0.416 e. The third-order valence-corrected chi connectivity index (χ3v) is 3.09. The molecule has 1 heterocycles. The van der Waals surface area contributed by atoms with E-state index in [2.05, 4.69) is 30.9 Å². The van der Waals surface area contributed by atoms with Crippen molar-refractivity contribution in [3.05, 3.63) is 46.3 Å². The molecule has 0 saturated carbocycles. The monoisotopic (exact) mass is 348 g/mol. The molecule has 0 fully saturated rings. The van der Waals surface area contributed by atoms with Gasteiger partial charge in [-0.05, 0) is 34.1 Å². The second-order valence-corrected chi connectivity index (χ2v) is 4.76. The number of amides is 1. The number of hydrogen-bond donors (Lipinski definition) is 1. The Morgan fingerprint density at radius 1 is 1.35 bits per heavy atom. The molecule has 106 valence electrons. The molecule has 0 aliphatic heterocycles. The predicted octanol–water partition coefficient (Wildman–Crippen LogP) is 3.64. The van der Waals surface area contributed by atoms with Crippen molar-refractivity contribution in [1.29, 1.82) is 0 Å². The minimum absolute atomic E-state index is 0.0494. The first-order chi connectivity index (χ1) is 9.36. The van der Waals surface area contributed by atoms with Crippen molar-refractivity contribution in [3.8, 4) is 0 Å². The number of anilines is 1. The highest BCUT2D eigenvalue weighted by Crippen LogP contribution is 2.33. The van der Waals surface area contributed by atoms with Crippen molar-refractivity contribution in [2.45, 2.75) is 12.6 Å². The highest BCUT2D eigenvalue weighted by Gasteiger charge is 2.31. The van der Waals surface area contributed by atoms with E-state index in [1.54, 1.807) is 0 Å². The van der Waals surface area contributed by atoms with Gasteiger partial charge in [-0.2, -0.15) is 13.2 Å². The second-order valence-electron chi connectivity index (χ2n) is 3.91. The molecule has 1 N–H and O–H groups in total. The van der Waals surface area contributed by atoms with Gasteiger partial charge in [0.1, 0.15) is 6.26 Å². The average Bonchev–Trinajstić information content (AvgIpc) is 2.83. The lowest BCUT2D eigenvalue weighted by Crippen LogP contribution is -2.16. The molecule has 0 saturated heterocycles. The molecule has 0 unspecified atom stereocenters. The highest BCUT2D eigenvalue weighted by molar-refractivity contribution is 9.10. The van der Waals surface area contributed by atoms with Gasteiger partial charge in [-0.1, -0.05) is 5.16 Å². The SMILES string of the molecule is O=C(Cc1ccon1)Nc1cc(C(F)(F)F)ccc1Br. The van der Waals surface area contributed by atoms with E-state index in [-0.39, 0.29) is 12.1 Å². The van der Waals surface area contributed by atoms with Gasteiger partial charge >= 0.3 is 6.18 Å². The van der Waals surface area contributed by atoms with Gasteiger partial charge in [0.15, 0.2) is 0 Å². The number of carbonyl (C=O) groups excluding carboxylic acids is 1. The summed E-state index contributed by atoms with van der Waals surface area (Å²) < 4.78 is 42.7. The van der Waals surface area contributed by atoms with E-state index in [0.29, 0.717) is 10.2 Å². The molecule has 1 aromatic carbocycles. The van der Waals surface area contributed by atoms with Crippen molar-refractivity contribution < 1.29 is 22.5 Å². The molecule has 20 heavy (non-hydrogen) atoms. The van der Waals surface area contributed by atoms with Crippen molar-refractivity contribution in [3.63, 3.8) is 0 Å². The van der Waals surface area contributed by atoms with Crippen molar-refractivity contribution in [1.82, 2.24) is 5.16 Å². The molecule has 0 aliphatic rings. The van der Waals surface area contributed by atoms with Gasteiger partial charge in [0.05, 0.1) is 23.4 Å². The van der Waals surface area contributed by atoms with Crippen LogP contribution in [0.2, 0.25) is 0 Å². The van der Waals surface area contributed by atoms with E-state index in [9.17, 15) is 18.0 Å². The third kappa shape index (κ3) is 3.60. The van der Waals surface area contributed by atoms with Crippen LogP contribution in [-0.4, -0.2) is 11.1 Å². The van der Waals surface area contributed by atoms with Crippen molar-refractivity contribution in [2.24, 2.45) is 0 Å². The number of nitrogens with zero attached hydrogens (tertiary/aromatic N) is 1. The summed E-state index contributed by atoms with van der Waals surface area (Å²) in [5.41, 5.74) is -0.392. The topological polar surface area (TPSA) is 55.1 Å². The zero-order valence-corrected chi connectivity index (χ0v) is 11.5. The number of hydrogen-bond acceptors (Lipinski definition) is 3. The predicted molar refractivity (Wildman–Crippen MR) is 68.0 cm³/mol. The Balaban J connectivity index is 2.14. The van der Waals surface area contributed by atoms with Crippen LogP contribution in [0.5, 0.6) is 0 Å². The summed E-state index contributed by atoms with van der Waals surface area (Å²) in [6.07, 6.45) is -3.24. The molecule has 0 atom stereocenters. The van der Waals surface area contributed by atoms with Crippen molar-refractivity contribution >= 4 is 27.5 Å². The highest BCUT2D eigenvalue weighted by atomic mass is 79.9. The normalized spacial score (nSPS) is 11.4. The molecule has 8 heteroatoms. The lowest BCUT2D eigenvalue weighted by Gasteiger charge is -2.11. The number of aromatic nitrogens is 1. The Bertz CT molecular complexity index is 612. The first kappa shape index (κ1) is 14.6. The summed E-state index contributed by atoms with van der Waals surface area (Å²) in [6.45, 7) is 0. The minimum atomic E-state index is -4.47. The molecule has 0 spiro atoms. The number of benzene rings is 1. The van der Waals surface area contributed by atoms with E-state index in [1.807, 2.05) is 0 Å². The fourth-order valence-electron chi connectivity index (χ4n) is 1.49. The van der Waals surface area contributed by atoms with E-state index in [1.165, 1.54) is 18.4 Å². The van der Waals surface area contributed by atoms with Crippen LogP contribution in [0.15, 0.2) is 39.5 Å². The van der Waals surface area contributed by atoms with Crippen molar-refractivity contribution in [2.75, 3.05) is 5.32 Å². The molecule has 0 bridgehead atoms. The molecule has 2 rings (SSSR count). The fourth-order valence-corrected chi connectivity index (χ4v) is 1.83. The number of alkyl halides is 3. The maximum absolute atomic E-state index is 12.6. The number of halogens is 4. The first-order valence-electron chi connectivity index (χ1n) is 5.42. The maximum atomic E-state index is 12.6. The van der Waals surface area contributed by atoms with E-state index in [0.717, 1.165) is 12.1 Å². The standard InChI is InChI=1S/C12H8BrF3N2O2/c13-9-2-1-7(12(14,15)16)5-10(9)17-11(19)6-8-3-4-20-18-8/h1-5H,6H2,(H,17,19). The molecule has 0 radical (unpaired) electrons. The fraction of sp³-hybridized carbons (Fsp3) is 0.167. The number of carbonyl (C=O) groups is 1. The van der Waals surface area contributed by atoms with Crippen LogP contribution in [0, 0.1) is 0 Å². The van der Waals surface area contributed by atoms with E-state index < -0.39 is 17.6 Å². The molecule has 2 aromatic rings. The summed E-state index contributed by atoms with van der Waals surface area (Å²) in [5, 5.41) is 5.94. The molecule has 0 aliphatic carbocycles. The van der Waals surface area contributed by atoms with Crippen LogP contribution in [-0.2, 0) is 17.4 Å². The third-order valence-electron chi connectivity index (χ3n) is 2.40. The van der Waals surface area contributed by atoms with Gasteiger partial charge in [0.2, 0.25) is 5.91 Å². The van der Waals surface area contributed by atoms with Gasteiger partial charge in [0, 0.05) is 10.5 Å². The van der Waals surface area contributed by atoms with Crippen LogP contribution >= 0.6 is 15.9 Å². The Labute approximate surface area is 120 Å². The van der Waals surface area contributed by atoms with Crippen LogP contribution in [0.25, 0.3) is 0 Å². The molecular weight excluding hydrogens is 341 g/mol. The van der Waals surface area contributed by atoms with Crippen LogP contribution in [0.4, 0.5) is 18.9 Å². The van der Waals surface area contributed by atoms with Gasteiger partial charge < -0.3 is 9.84 Å². The summed E-state index contributed by atoms with van der Waals surface area (Å²) in [6, 6.07) is 4.53. The Hall–Kier alpha value is -1.83. The van der Waals surface area contributed by atoms with Crippen LogP contribution in [0.1, 0.15) is 11.3 Å². The number of rotatable bonds is 3. The zero-order valence-electron chi connectivity index (χ0n) is 9.87. The summed E-state index contributed by atoms with van der Waals surface area (Å²) in [7, 11) is 0. The van der Waals surface area contributed by atoms with Crippen LogP contribution < -0.4 is 5.32 Å². The van der Waals surface area contributed by atoms with Crippen LogP contribution in [0.3, 0.4) is 0 Å². The van der Waals surface area contributed by atoms with Gasteiger partial charge in [-0.15, -0.1) is 0 Å². The molecule has 1 amide bonds. The number of nitrogens with one attached hydrogen (secondary N) is 1. The maximum Gasteiger partial charge on any atom is 0.416 e. The minimum Gasteiger partial charge on any atom is -0.364 e. The van der Waals surface area contributed by atoms with E-state index >= 15 is 0 Å². The van der Waals surface area contributed by atoms with Gasteiger partial charge in [0.25, 0.3) is 0 Å². The lowest BCUT2D eigenvalue weighted by molar-refractivity contribution is -0.137. The molecular formula is C12H8BrF3N2O2. The molecule has 1 aromatic heterocycles. The summed E-state index contributed by atoms with van der Waals surface area (Å²) in [4.78, 5) is 11.7. The quantitative estimate of drug-likeness (QED) is 0.921. The average molecular weight is 349 g/mol. The summed E-state index contributed by atoms with van der Waals surface area (Å²) in [5.74, 6) is -0.487. The first-order valence-corrected chi connectivity index (χ1v) is 6.21. The van der Waals surface area contributed by atoms with Gasteiger partial charge in [-0.25, -0.2) is 0 Å². The Morgan fingerprint density at radius 2 is 2.10 bits per heavy atom. The Morgan fingerprint density at radius 3 is 2.70 bits per heavy atom. The lowest BCUT2D eigenvalue weighted by atomic mass is 10.2. The van der Waals surface area contributed by atoms with E-state index in [4.69, 9.17) is 0 Å². The molecule has 4 nitrogen and oxygen atoms in total. The zero-order chi connectivity index (χ0) is 14.8. The Kier molecular flexibility index (Phi) is 4.12. The van der Waals surface area contributed by atoms with Gasteiger partial charge in [-0.3, -0.25) is 4.79 Å². The summed E-state index contributed by atoms with van der Waals surface area (Å²) >= 11 is 3.09. The smallest absolute Gasteiger partial charge is 0.364 e.